The molecular formula is C15H22N2O2. The number of aliphatic hydroxyl groups is 1. The minimum atomic E-state index is -0.288. The third-order valence-corrected chi connectivity index (χ3v) is 3.78. The molecule has 1 amide bonds. The fourth-order valence-electron chi connectivity index (χ4n) is 2.51. The maximum atomic E-state index is 12.0. The van der Waals surface area contributed by atoms with Crippen LogP contribution in [0.5, 0.6) is 0 Å². The number of amides is 1. The third-order valence-electron chi connectivity index (χ3n) is 3.78. The topological polar surface area (TPSA) is 52.6 Å². The molecule has 1 saturated heterocycles. The van der Waals surface area contributed by atoms with Crippen LogP contribution in [0.4, 0.5) is 5.69 Å². The minimum Gasteiger partial charge on any atom is -0.393 e. The Labute approximate surface area is 114 Å². The van der Waals surface area contributed by atoms with Gasteiger partial charge in [0.15, 0.2) is 0 Å². The van der Waals surface area contributed by atoms with Crippen molar-refractivity contribution in [2.45, 2.75) is 26.4 Å². The maximum absolute atomic E-state index is 12.0. The van der Waals surface area contributed by atoms with Crippen LogP contribution in [0.15, 0.2) is 24.3 Å². The number of anilines is 1. The summed E-state index contributed by atoms with van der Waals surface area (Å²) in [7, 11) is 0. The summed E-state index contributed by atoms with van der Waals surface area (Å²) in [6.07, 6.45) is 0.680. The van der Waals surface area contributed by atoms with E-state index in [1.54, 1.807) is 0 Å². The van der Waals surface area contributed by atoms with Crippen molar-refractivity contribution in [3.05, 3.63) is 29.8 Å². The summed E-state index contributed by atoms with van der Waals surface area (Å²) >= 11 is 0. The number of rotatable bonds is 4. The van der Waals surface area contributed by atoms with Crippen molar-refractivity contribution in [1.82, 2.24) is 4.90 Å². The van der Waals surface area contributed by atoms with Gasteiger partial charge in [-0.3, -0.25) is 9.69 Å². The number of hydrogen-bond donors (Lipinski definition) is 2. The molecular weight excluding hydrogens is 240 g/mol. The molecule has 1 fully saturated rings. The quantitative estimate of drug-likeness (QED) is 0.867. The average Bonchev–Trinajstić information content (AvgIpc) is 2.80. The van der Waals surface area contributed by atoms with Crippen molar-refractivity contribution >= 4 is 11.6 Å². The normalized spacial score (nSPS) is 21.3. The largest absolute Gasteiger partial charge is 0.393 e. The number of carbonyl (C=O) groups excluding carboxylic acids is 1. The van der Waals surface area contributed by atoms with Crippen molar-refractivity contribution in [3.8, 4) is 0 Å². The van der Waals surface area contributed by atoms with E-state index in [0.717, 1.165) is 30.8 Å². The van der Waals surface area contributed by atoms with Crippen LogP contribution in [0.2, 0.25) is 0 Å². The summed E-state index contributed by atoms with van der Waals surface area (Å²) in [5.74, 6) is 0.312. The summed E-state index contributed by atoms with van der Waals surface area (Å²) in [6.45, 7) is 5.89. The molecule has 0 bridgehead atoms. The molecule has 1 aromatic rings. The third kappa shape index (κ3) is 3.78. The van der Waals surface area contributed by atoms with E-state index >= 15 is 0 Å². The van der Waals surface area contributed by atoms with Crippen molar-refractivity contribution < 1.29 is 9.90 Å². The van der Waals surface area contributed by atoms with Gasteiger partial charge >= 0.3 is 0 Å². The molecule has 1 aromatic carbocycles. The molecule has 1 heterocycles. The Bertz CT molecular complexity index is 446. The number of benzene rings is 1. The van der Waals surface area contributed by atoms with Gasteiger partial charge in [0.25, 0.3) is 0 Å². The zero-order chi connectivity index (χ0) is 13.8. The van der Waals surface area contributed by atoms with E-state index in [9.17, 15) is 9.90 Å². The second-order valence-electron chi connectivity index (χ2n) is 5.39. The second-order valence-corrected chi connectivity index (χ2v) is 5.39. The van der Waals surface area contributed by atoms with E-state index in [-0.39, 0.29) is 12.0 Å². The summed E-state index contributed by atoms with van der Waals surface area (Å²) in [5, 5.41) is 12.5. The van der Waals surface area contributed by atoms with Gasteiger partial charge < -0.3 is 10.4 Å². The molecule has 104 valence electrons. The van der Waals surface area contributed by atoms with Gasteiger partial charge in [0.2, 0.25) is 5.91 Å². The van der Waals surface area contributed by atoms with Crippen molar-refractivity contribution in [3.63, 3.8) is 0 Å². The van der Waals surface area contributed by atoms with Crippen molar-refractivity contribution in [1.29, 1.82) is 0 Å². The van der Waals surface area contributed by atoms with E-state index in [1.165, 1.54) is 0 Å². The average molecular weight is 262 g/mol. The number of carbonyl (C=O) groups is 1. The summed E-state index contributed by atoms with van der Waals surface area (Å²) < 4.78 is 0. The van der Waals surface area contributed by atoms with Crippen LogP contribution in [0.25, 0.3) is 0 Å². The van der Waals surface area contributed by atoms with Crippen molar-refractivity contribution in [2.24, 2.45) is 5.92 Å². The lowest BCUT2D eigenvalue weighted by atomic mass is 10.0. The summed E-state index contributed by atoms with van der Waals surface area (Å²) in [4.78, 5) is 14.1. The first-order valence-electron chi connectivity index (χ1n) is 6.82. The molecule has 0 radical (unpaired) electrons. The molecule has 1 aliphatic heterocycles. The maximum Gasteiger partial charge on any atom is 0.238 e. The van der Waals surface area contributed by atoms with E-state index < -0.39 is 0 Å². The Morgan fingerprint density at radius 3 is 2.89 bits per heavy atom. The zero-order valence-corrected chi connectivity index (χ0v) is 11.6. The number of nitrogens with zero attached hydrogens (tertiary/aromatic N) is 1. The molecule has 4 nitrogen and oxygen atoms in total. The molecule has 0 aromatic heterocycles. The SMILES string of the molecule is Cc1ccccc1NC(=O)CN1CCC(C(C)O)C1. The zero-order valence-electron chi connectivity index (χ0n) is 11.6. The molecule has 0 aliphatic carbocycles. The Morgan fingerprint density at radius 1 is 1.53 bits per heavy atom. The Kier molecular flexibility index (Phi) is 4.56. The highest BCUT2D eigenvalue weighted by Gasteiger charge is 2.26. The van der Waals surface area contributed by atoms with Gasteiger partial charge in [0.1, 0.15) is 0 Å². The van der Waals surface area contributed by atoms with Crippen LogP contribution in [-0.4, -0.2) is 41.7 Å². The van der Waals surface area contributed by atoms with E-state index in [1.807, 2.05) is 38.1 Å². The van der Waals surface area contributed by atoms with Gasteiger partial charge in [-0.15, -0.1) is 0 Å². The first kappa shape index (κ1) is 14.0. The lowest BCUT2D eigenvalue weighted by Crippen LogP contribution is -2.32. The van der Waals surface area contributed by atoms with Crippen LogP contribution in [-0.2, 0) is 4.79 Å². The molecule has 2 rings (SSSR count). The van der Waals surface area contributed by atoms with E-state index in [2.05, 4.69) is 10.2 Å². The van der Waals surface area contributed by atoms with E-state index in [4.69, 9.17) is 0 Å². The predicted octanol–water partition coefficient (Wildman–Crippen LogP) is 1.64. The van der Waals surface area contributed by atoms with Crippen LogP contribution in [0.1, 0.15) is 18.9 Å². The highest BCUT2D eigenvalue weighted by atomic mass is 16.3. The fourth-order valence-corrected chi connectivity index (χ4v) is 2.51. The number of nitrogens with one attached hydrogen (secondary N) is 1. The number of aliphatic hydroxyl groups excluding tert-OH is 1. The van der Waals surface area contributed by atoms with Crippen LogP contribution >= 0.6 is 0 Å². The molecule has 4 heteroatoms. The molecule has 0 spiro atoms. The lowest BCUT2D eigenvalue weighted by Gasteiger charge is -2.17. The Morgan fingerprint density at radius 2 is 2.26 bits per heavy atom. The Hall–Kier alpha value is -1.39. The molecule has 19 heavy (non-hydrogen) atoms. The highest BCUT2D eigenvalue weighted by Crippen LogP contribution is 2.19. The van der Waals surface area contributed by atoms with E-state index in [0.29, 0.717) is 12.5 Å². The monoisotopic (exact) mass is 262 g/mol. The van der Waals surface area contributed by atoms with Crippen LogP contribution in [0, 0.1) is 12.8 Å². The molecule has 0 saturated carbocycles. The minimum absolute atomic E-state index is 0.0144. The standard InChI is InChI=1S/C15H22N2O2/c1-11-5-3-4-6-14(11)16-15(19)10-17-8-7-13(9-17)12(2)18/h3-6,12-13,18H,7-10H2,1-2H3,(H,16,19). The smallest absolute Gasteiger partial charge is 0.238 e. The van der Waals surface area contributed by atoms with Crippen LogP contribution in [0.3, 0.4) is 0 Å². The molecule has 1 aliphatic rings. The second kappa shape index (κ2) is 6.17. The summed E-state index contributed by atoms with van der Waals surface area (Å²) in [5.41, 5.74) is 1.94. The summed E-state index contributed by atoms with van der Waals surface area (Å²) in [6, 6.07) is 7.77. The van der Waals surface area contributed by atoms with Gasteiger partial charge in [0, 0.05) is 12.2 Å². The van der Waals surface area contributed by atoms with Gasteiger partial charge in [-0.1, -0.05) is 18.2 Å². The first-order chi connectivity index (χ1) is 9.06. The number of likely N-dealkylation sites (tertiary alicyclic amines) is 1. The van der Waals surface area contributed by atoms with Gasteiger partial charge in [0.05, 0.1) is 12.6 Å². The predicted molar refractivity (Wildman–Crippen MR) is 76.0 cm³/mol. The number of hydrogen-bond acceptors (Lipinski definition) is 3. The molecule has 2 unspecified atom stereocenters. The highest BCUT2D eigenvalue weighted by molar-refractivity contribution is 5.92. The van der Waals surface area contributed by atoms with Crippen molar-refractivity contribution in [2.75, 3.05) is 25.0 Å². The van der Waals surface area contributed by atoms with Gasteiger partial charge in [-0.05, 0) is 44.4 Å². The lowest BCUT2D eigenvalue weighted by molar-refractivity contribution is -0.117. The fraction of sp³-hybridized carbons (Fsp3) is 0.533. The Balaban J connectivity index is 1.84. The molecule has 2 N–H and O–H groups in total. The molecule has 2 atom stereocenters. The number of aryl methyl sites for hydroxylation is 1. The number of para-hydroxylation sites is 1. The van der Waals surface area contributed by atoms with Gasteiger partial charge in [-0.2, -0.15) is 0 Å². The van der Waals surface area contributed by atoms with Crippen LogP contribution < -0.4 is 5.32 Å². The van der Waals surface area contributed by atoms with Gasteiger partial charge in [-0.25, -0.2) is 0 Å². The first-order valence-corrected chi connectivity index (χ1v) is 6.82.